The minimum atomic E-state index is -1.18. The van der Waals surface area contributed by atoms with Gasteiger partial charge in [-0.15, -0.1) is 0 Å². The standard InChI is InChI=1S/C30H49N5O16/c36-23(37)1-5-27(44)48-15-19-11-31-9-10-32-20(16-49-28(45)6-2-24(38)39)12-34-22(18-51-30(47)8-4-26(42)43)14-35-21(13-33-19)17-50-29(46)7-3-25(40)41/h19-22,31-35H,1-18H2,(H,36,37)(H,38,39)(H,40,41)(H,42,43)/t19-,20+,21+,22-/m0/s1. The normalized spacial score (nSPS) is 20.4. The van der Waals surface area contributed by atoms with E-state index < -0.39 is 97.6 Å². The number of carboxylic acids is 4. The molecule has 0 bridgehead atoms. The summed E-state index contributed by atoms with van der Waals surface area (Å²) in [7, 11) is 0. The molecule has 1 saturated heterocycles. The van der Waals surface area contributed by atoms with Gasteiger partial charge in [-0.25, -0.2) is 0 Å². The minimum Gasteiger partial charge on any atom is -0.481 e. The maximum Gasteiger partial charge on any atom is 0.306 e. The summed E-state index contributed by atoms with van der Waals surface area (Å²) in [6, 6.07) is -2.26. The third-order valence-corrected chi connectivity index (χ3v) is 7.04. The Bertz CT molecular complexity index is 1070. The SMILES string of the molecule is O=C(O)CCC(=O)OC[C@H]1CN[C@H](COC(=O)CCC(=O)O)CN[C@@H](COC(=O)CCC(=O)O)CN[C@H](COC(=O)CCC(=O)O)CNCCN1. The summed E-state index contributed by atoms with van der Waals surface area (Å²) in [5.41, 5.74) is 0. The van der Waals surface area contributed by atoms with E-state index in [-0.39, 0.29) is 78.3 Å². The van der Waals surface area contributed by atoms with Crippen LogP contribution in [0.5, 0.6) is 0 Å². The number of carbonyl (C=O) groups is 8. The number of ether oxygens (including phenoxy) is 4. The van der Waals surface area contributed by atoms with Gasteiger partial charge in [-0.3, -0.25) is 38.4 Å². The smallest absolute Gasteiger partial charge is 0.306 e. The predicted molar refractivity (Wildman–Crippen MR) is 171 cm³/mol. The van der Waals surface area contributed by atoms with Crippen LogP contribution in [0.4, 0.5) is 0 Å². The van der Waals surface area contributed by atoms with E-state index in [2.05, 4.69) is 26.6 Å². The molecular formula is C30H49N5O16. The summed E-state index contributed by atoms with van der Waals surface area (Å²) in [5, 5.41) is 51.4. The van der Waals surface area contributed by atoms with Crippen LogP contribution in [0.15, 0.2) is 0 Å². The molecule has 9 N–H and O–H groups in total. The van der Waals surface area contributed by atoms with Crippen LogP contribution in [0.3, 0.4) is 0 Å². The van der Waals surface area contributed by atoms with Crippen LogP contribution in [0, 0.1) is 0 Å². The maximum absolute atomic E-state index is 12.2. The lowest BCUT2D eigenvalue weighted by Gasteiger charge is -2.27. The molecule has 21 nitrogen and oxygen atoms in total. The van der Waals surface area contributed by atoms with E-state index in [0.29, 0.717) is 13.1 Å². The minimum absolute atomic E-state index is 0.0867. The Hall–Kier alpha value is -4.44. The molecule has 0 aromatic rings. The number of nitrogens with one attached hydrogen (secondary N) is 5. The Labute approximate surface area is 293 Å². The molecule has 0 amide bonds. The number of hydrogen-bond donors (Lipinski definition) is 9. The molecule has 0 aromatic heterocycles. The molecule has 0 saturated carbocycles. The van der Waals surface area contributed by atoms with Crippen molar-refractivity contribution in [3.8, 4) is 0 Å². The fraction of sp³-hybridized carbons (Fsp3) is 0.733. The first-order valence-corrected chi connectivity index (χ1v) is 16.4. The summed E-state index contributed by atoms with van der Waals surface area (Å²) in [6.45, 7) is 0.650. The second-order valence-corrected chi connectivity index (χ2v) is 11.5. The Morgan fingerprint density at radius 2 is 0.667 bits per heavy atom. The zero-order chi connectivity index (χ0) is 38.0. The highest BCUT2D eigenvalue weighted by Crippen LogP contribution is 2.01. The molecule has 1 aliphatic rings. The van der Waals surface area contributed by atoms with Gasteiger partial charge in [0.15, 0.2) is 0 Å². The zero-order valence-corrected chi connectivity index (χ0v) is 28.2. The zero-order valence-electron chi connectivity index (χ0n) is 28.2. The predicted octanol–water partition coefficient (Wildman–Crippen LogP) is -2.95. The number of carbonyl (C=O) groups excluding carboxylic acids is 4. The first kappa shape index (κ1) is 44.6. The molecule has 0 aliphatic carbocycles. The number of carboxylic acid groups (broad SMARTS) is 4. The van der Waals surface area contributed by atoms with Gasteiger partial charge in [0.05, 0.1) is 75.5 Å². The molecule has 51 heavy (non-hydrogen) atoms. The van der Waals surface area contributed by atoms with Gasteiger partial charge in [-0.05, 0) is 0 Å². The molecule has 0 aromatic carbocycles. The summed E-state index contributed by atoms with van der Waals surface area (Å²) in [4.78, 5) is 91.9. The summed E-state index contributed by atoms with van der Waals surface area (Å²) in [5.74, 6) is -7.61. The largest absolute Gasteiger partial charge is 0.481 e. The Morgan fingerprint density at radius 3 is 0.961 bits per heavy atom. The van der Waals surface area contributed by atoms with Crippen molar-refractivity contribution in [2.75, 3.05) is 65.7 Å². The Morgan fingerprint density at radius 1 is 0.392 bits per heavy atom. The number of rotatable bonds is 20. The van der Waals surface area contributed by atoms with E-state index >= 15 is 0 Å². The Balaban J connectivity index is 3.13. The molecule has 21 heteroatoms. The highest BCUT2D eigenvalue weighted by molar-refractivity contribution is 5.78. The number of aliphatic carboxylic acids is 4. The molecule has 0 spiro atoms. The average molecular weight is 736 g/mol. The first-order chi connectivity index (χ1) is 24.2. The average Bonchev–Trinajstić information content (AvgIpc) is 3.08. The lowest BCUT2D eigenvalue weighted by molar-refractivity contribution is -0.149. The van der Waals surface area contributed by atoms with Crippen molar-refractivity contribution in [1.82, 2.24) is 26.6 Å². The lowest BCUT2D eigenvalue weighted by Crippen LogP contribution is -2.53. The quantitative estimate of drug-likeness (QED) is 0.0446. The summed E-state index contributed by atoms with van der Waals surface area (Å²) in [6.07, 6.45) is -3.04. The number of hydrogen-bond acceptors (Lipinski definition) is 17. The molecule has 1 fully saturated rings. The van der Waals surface area contributed by atoms with Crippen molar-refractivity contribution in [2.45, 2.75) is 75.5 Å². The highest BCUT2D eigenvalue weighted by atomic mass is 16.5. The van der Waals surface area contributed by atoms with Crippen LogP contribution >= 0.6 is 0 Å². The molecule has 0 unspecified atom stereocenters. The third kappa shape index (κ3) is 25.2. The van der Waals surface area contributed by atoms with Gasteiger partial charge in [0.25, 0.3) is 0 Å². The maximum atomic E-state index is 12.2. The molecular weight excluding hydrogens is 686 g/mol. The van der Waals surface area contributed by atoms with Crippen molar-refractivity contribution < 1.29 is 77.7 Å². The van der Waals surface area contributed by atoms with Gasteiger partial charge in [0.1, 0.15) is 26.4 Å². The second kappa shape index (κ2) is 26.4. The van der Waals surface area contributed by atoms with Crippen molar-refractivity contribution in [3.05, 3.63) is 0 Å². The number of esters is 4. The van der Waals surface area contributed by atoms with Gasteiger partial charge < -0.3 is 66.0 Å². The van der Waals surface area contributed by atoms with E-state index in [1.807, 2.05) is 0 Å². The summed E-state index contributed by atoms with van der Waals surface area (Å²) >= 11 is 0. The van der Waals surface area contributed by atoms with E-state index in [1.54, 1.807) is 0 Å². The summed E-state index contributed by atoms with van der Waals surface area (Å²) < 4.78 is 21.1. The molecule has 290 valence electrons. The molecule has 1 heterocycles. The van der Waals surface area contributed by atoms with Crippen LogP contribution in [0.2, 0.25) is 0 Å². The topological polar surface area (TPSA) is 315 Å². The van der Waals surface area contributed by atoms with E-state index in [0.717, 1.165) is 0 Å². The van der Waals surface area contributed by atoms with E-state index in [1.165, 1.54) is 0 Å². The fourth-order valence-electron chi connectivity index (χ4n) is 4.23. The van der Waals surface area contributed by atoms with Gasteiger partial charge in [0, 0.05) is 39.3 Å². The van der Waals surface area contributed by atoms with Crippen LogP contribution in [-0.4, -0.2) is 158 Å². The molecule has 0 radical (unpaired) electrons. The fourth-order valence-corrected chi connectivity index (χ4v) is 4.23. The first-order valence-electron chi connectivity index (χ1n) is 16.4. The van der Waals surface area contributed by atoms with Crippen molar-refractivity contribution in [1.29, 1.82) is 0 Å². The van der Waals surface area contributed by atoms with Crippen molar-refractivity contribution >= 4 is 47.8 Å². The van der Waals surface area contributed by atoms with E-state index in [9.17, 15) is 38.4 Å². The lowest BCUT2D eigenvalue weighted by atomic mass is 10.2. The van der Waals surface area contributed by atoms with Crippen molar-refractivity contribution in [2.24, 2.45) is 0 Å². The van der Waals surface area contributed by atoms with Crippen molar-refractivity contribution in [3.63, 3.8) is 0 Å². The third-order valence-electron chi connectivity index (χ3n) is 7.04. The Kier molecular flexibility index (Phi) is 23.1. The molecule has 4 atom stereocenters. The molecule has 1 aliphatic heterocycles. The monoisotopic (exact) mass is 735 g/mol. The van der Waals surface area contributed by atoms with Crippen LogP contribution in [-0.2, 0) is 57.3 Å². The highest BCUT2D eigenvalue weighted by Gasteiger charge is 2.22. The van der Waals surface area contributed by atoms with Crippen LogP contribution in [0.1, 0.15) is 51.4 Å². The van der Waals surface area contributed by atoms with Gasteiger partial charge in [-0.1, -0.05) is 0 Å². The van der Waals surface area contributed by atoms with Gasteiger partial charge >= 0.3 is 47.8 Å². The van der Waals surface area contributed by atoms with Crippen LogP contribution in [0.25, 0.3) is 0 Å². The molecule has 1 rings (SSSR count). The second-order valence-electron chi connectivity index (χ2n) is 11.5. The van der Waals surface area contributed by atoms with Gasteiger partial charge in [0.2, 0.25) is 0 Å². The van der Waals surface area contributed by atoms with Gasteiger partial charge in [-0.2, -0.15) is 0 Å². The van der Waals surface area contributed by atoms with Crippen LogP contribution < -0.4 is 26.6 Å². The van der Waals surface area contributed by atoms with E-state index in [4.69, 9.17) is 39.4 Å².